The molecule has 0 aromatic rings. The van der Waals surface area contributed by atoms with Crippen LogP contribution in [0.2, 0.25) is 0 Å². The average Bonchev–Trinajstić information content (AvgIpc) is 2.16. The number of hydrogen-bond donors (Lipinski definition) is 2. The van der Waals surface area contributed by atoms with E-state index < -0.39 is 0 Å². The second-order valence-corrected chi connectivity index (χ2v) is 5.69. The summed E-state index contributed by atoms with van der Waals surface area (Å²) in [5, 5.41) is 2.97. The minimum atomic E-state index is -0.0492. The molecule has 0 aliphatic rings. The standard InChI is InChI=1S/C13H29N3O/c1-9(2)11(14)7-13(17)15-8-12(10(3)4)16(5)6/h9-12H,7-8,14H2,1-6H3,(H,15,17). The highest BCUT2D eigenvalue weighted by atomic mass is 16.1. The first-order valence-corrected chi connectivity index (χ1v) is 6.44. The lowest BCUT2D eigenvalue weighted by Gasteiger charge is -2.28. The molecule has 0 radical (unpaired) electrons. The van der Waals surface area contributed by atoms with Crippen molar-refractivity contribution in [3.8, 4) is 0 Å². The number of hydrogen-bond acceptors (Lipinski definition) is 3. The van der Waals surface area contributed by atoms with Crippen molar-refractivity contribution in [3.63, 3.8) is 0 Å². The molecular formula is C13H29N3O. The lowest BCUT2D eigenvalue weighted by Crippen LogP contribution is -2.44. The zero-order valence-electron chi connectivity index (χ0n) is 12.2. The van der Waals surface area contributed by atoms with Gasteiger partial charge in [0.25, 0.3) is 0 Å². The van der Waals surface area contributed by atoms with Gasteiger partial charge in [-0.15, -0.1) is 0 Å². The molecule has 3 N–H and O–H groups in total. The molecule has 1 amide bonds. The molecule has 102 valence electrons. The van der Waals surface area contributed by atoms with Gasteiger partial charge in [0.2, 0.25) is 5.91 Å². The predicted octanol–water partition coefficient (Wildman–Crippen LogP) is 1.06. The van der Waals surface area contributed by atoms with Crippen LogP contribution in [0.1, 0.15) is 34.1 Å². The maximum Gasteiger partial charge on any atom is 0.221 e. The lowest BCUT2D eigenvalue weighted by molar-refractivity contribution is -0.121. The van der Waals surface area contributed by atoms with Gasteiger partial charge in [-0.05, 0) is 25.9 Å². The van der Waals surface area contributed by atoms with E-state index in [-0.39, 0.29) is 11.9 Å². The fourth-order valence-electron chi connectivity index (χ4n) is 1.75. The van der Waals surface area contributed by atoms with E-state index in [1.165, 1.54) is 0 Å². The van der Waals surface area contributed by atoms with Crippen LogP contribution < -0.4 is 11.1 Å². The molecule has 0 saturated heterocycles. The van der Waals surface area contributed by atoms with Gasteiger partial charge in [-0.2, -0.15) is 0 Å². The summed E-state index contributed by atoms with van der Waals surface area (Å²) in [6, 6.07) is 0.320. The third-order valence-electron chi connectivity index (χ3n) is 3.22. The fourth-order valence-corrected chi connectivity index (χ4v) is 1.75. The van der Waals surface area contributed by atoms with Crippen LogP contribution in [0.4, 0.5) is 0 Å². The van der Waals surface area contributed by atoms with E-state index >= 15 is 0 Å². The first kappa shape index (κ1) is 16.4. The minimum absolute atomic E-state index is 0.0492. The number of nitrogens with zero attached hydrogens (tertiary/aromatic N) is 1. The van der Waals surface area contributed by atoms with Crippen LogP contribution in [-0.4, -0.2) is 43.5 Å². The van der Waals surface area contributed by atoms with Crippen LogP contribution in [0, 0.1) is 11.8 Å². The molecule has 0 rings (SSSR count). The van der Waals surface area contributed by atoms with Gasteiger partial charge in [-0.3, -0.25) is 4.79 Å². The van der Waals surface area contributed by atoms with Crippen LogP contribution >= 0.6 is 0 Å². The molecule has 0 bridgehead atoms. The number of rotatable bonds is 7. The Labute approximate surface area is 106 Å². The third-order valence-corrected chi connectivity index (χ3v) is 3.22. The fraction of sp³-hybridized carbons (Fsp3) is 0.923. The number of nitrogens with one attached hydrogen (secondary N) is 1. The SMILES string of the molecule is CC(C)C(N)CC(=O)NCC(C(C)C)N(C)C. The monoisotopic (exact) mass is 243 g/mol. The molecule has 0 heterocycles. The molecule has 17 heavy (non-hydrogen) atoms. The maximum atomic E-state index is 11.7. The first-order chi connectivity index (χ1) is 7.75. The summed E-state index contributed by atoms with van der Waals surface area (Å²) in [6.07, 6.45) is 0.413. The summed E-state index contributed by atoms with van der Waals surface area (Å²) in [4.78, 5) is 13.8. The van der Waals surface area contributed by atoms with Crippen molar-refractivity contribution in [3.05, 3.63) is 0 Å². The molecule has 2 atom stereocenters. The Morgan fingerprint density at radius 1 is 1.18 bits per heavy atom. The van der Waals surface area contributed by atoms with Crippen LogP contribution in [0.15, 0.2) is 0 Å². The predicted molar refractivity (Wildman–Crippen MR) is 72.8 cm³/mol. The Balaban J connectivity index is 4.05. The number of carbonyl (C=O) groups excluding carboxylic acids is 1. The van der Waals surface area contributed by atoms with Gasteiger partial charge in [0.1, 0.15) is 0 Å². The van der Waals surface area contributed by atoms with Crippen LogP contribution in [0.3, 0.4) is 0 Å². The van der Waals surface area contributed by atoms with Crippen LogP contribution in [-0.2, 0) is 4.79 Å². The molecule has 0 aromatic heterocycles. The van der Waals surface area contributed by atoms with E-state index in [1.807, 2.05) is 27.9 Å². The molecule has 4 nitrogen and oxygen atoms in total. The molecule has 4 heteroatoms. The average molecular weight is 243 g/mol. The number of carbonyl (C=O) groups is 1. The van der Waals surface area contributed by atoms with Gasteiger partial charge in [0.15, 0.2) is 0 Å². The van der Waals surface area contributed by atoms with E-state index in [0.717, 1.165) is 0 Å². The summed E-state index contributed by atoms with van der Waals surface area (Å²) < 4.78 is 0. The van der Waals surface area contributed by atoms with Gasteiger partial charge < -0.3 is 16.0 Å². The van der Waals surface area contributed by atoms with Crippen LogP contribution in [0.5, 0.6) is 0 Å². The van der Waals surface area contributed by atoms with Gasteiger partial charge in [0, 0.05) is 25.0 Å². The van der Waals surface area contributed by atoms with Gasteiger partial charge in [0.05, 0.1) is 0 Å². The molecule has 0 aromatic carbocycles. The summed E-state index contributed by atoms with van der Waals surface area (Å²) in [7, 11) is 4.08. The molecular weight excluding hydrogens is 214 g/mol. The maximum absolute atomic E-state index is 11.7. The Morgan fingerprint density at radius 2 is 1.71 bits per heavy atom. The van der Waals surface area contributed by atoms with Gasteiger partial charge in [-0.25, -0.2) is 0 Å². The third kappa shape index (κ3) is 6.64. The lowest BCUT2D eigenvalue weighted by atomic mass is 10.0. The molecule has 0 saturated carbocycles. The second kappa shape index (κ2) is 7.67. The Morgan fingerprint density at radius 3 is 2.06 bits per heavy atom. The molecule has 0 aliphatic carbocycles. The quantitative estimate of drug-likeness (QED) is 0.703. The number of amides is 1. The van der Waals surface area contributed by atoms with E-state index in [4.69, 9.17) is 5.73 Å². The Kier molecular flexibility index (Phi) is 7.39. The molecule has 0 spiro atoms. The first-order valence-electron chi connectivity index (χ1n) is 6.44. The highest BCUT2D eigenvalue weighted by Gasteiger charge is 2.18. The largest absolute Gasteiger partial charge is 0.354 e. The Bertz CT molecular complexity index is 219. The number of likely N-dealkylation sites (N-methyl/N-ethyl adjacent to an activating group) is 1. The van der Waals surface area contributed by atoms with Gasteiger partial charge in [-0.1, -0.05) is 27.7 Å². The number of nitrogens with two attached hydrogens (primary N) is 1. The van der Waals surface area contributed by atoms with Crippen molar-refractivity contribution < 1.29 is 4.79 Å². The van der Waals surface area contributed by atoms with Crippen molar-refractivity contribution in [1.82, 2.24) is 10.2 Å². The highest BCUT2D eigenvalue weighted by molar-refractivity contribution is 5.76. The Hall–Kier alpha value is -0.610. The van der Waals surface area contributed by atoms with Crippen LogP contribution in [0.25, 0.3) is 0 Å². The topological polar surface area (TPSA) is 58.4 Å². The zero-order valence-corrected chi connectivity index (χ0v) is 12.2. The summed E-state index contributed by atoms with van der Waals surface area (Å²) in [5.41, 5.74) is 5.87. The van der Waals surface area contributed by atoms with E-state index in [2.05, 4.69) is 24.1 Å². The van der Waals surface area contributed by atoms with E-state index in [0.29, 0.717) is 30.8 Å². The van der Waals surface area contributed by atoms with Crippen molar-refractivity contribution in [2.24, 2.45) is 17.6 Å². The normalized spacial score (nSPS) is 15.4. The van der Waals surface area contributed by atoms with E-state index in [1.54, 1.807) is 0 Å². The van der Waals surface area contributed by atoms with Crippen molar-refractivity contribution >= 4 is 5.91 Å². The van der Waals surface area contributed by atoms with E-state index in [9.17, 15) is 4.79 Å². The van der Waals surface area contributed by atoms with Crippen molar-refractivity contribution in [1.29, 1.82) is 0 Å². The van der Waals surface area contributed by atoms with Crippen molar-refractivity contribution in [2.75, 3.05) is 20.6 Å². The highest BCUT2D eigenvalue weighted by Crippen LogP contribution is 2.07. The molecule has 0 aliphatic heterocycles. The molecule has 0 fully saturated rings. The summed E-state index contributed by atoms with van der Waals surface area (Å²) in [6.45, 7) is 9.09. The minimum Gasteiger partial charge on any atom is -0.354 e. The summed E-state index contributed by atoms with van der Waals surface area (Å²) in [5.74, 6) is 0.915. The smallest absolute Gasteiger partial charge is 0.221 e. The van der Waals surface area contributed by atoms with Crippen molar-refractivity contribution in [2.45, 2.75) is 46.2 Å². The van der Waals surface area contributed by atoms with Gasteiger partial charge >= 0.3 is 0 Å². The molecule has 2 unspecified atom stereocenters. The second-order valence-electron chi connectivity index (χ2n) is 5.69. The zero-order chi connectivity index (χ0) is 13.6. The summed E-state index contributed by atoms with van der Waals surface area (Å²) >= 11 is 0.